The van der Waals surface area contributed by atoms with Gasteiger partial charge in [0.25, 0.3) is 5.91 Å². The number of carbonyl (C=O) groups excluding carboxylic acids is 2. The molecule has 1 aliphatic heterocycles. The van der Waals surface area contributed by atoms with Crippen LogP contribution in [0.1, 0.15) is 61.1 Å². The Morgan fingerprint density at radius 2 is 1.89 bits per heavy atom. The minimum atomic E-state index is -1.11. The van der Waals surface area contributed by atoms with E-state index in [9.17, 15) is 14.4 Å². The van der Waals surface area contributed by atoms with Crippen LogP contribution in [0.15, 0.2) is 45.6 Å². The first-order chi connectivity index (χ1) is 16.7. The molecule has 3 heterocycles. The van der Waals surface area contributed by atoms with Crippen LogP contribution >= 0.6 is 11.3 Å². The molecule has 2 aromatic heterocycles. The quantitative estimate of drug-likeness (QED) is 0.362. The zero-order valence-corrected chi connectivity index (χ0v) is 20.3. The number of esters is 1. The van der Waals surface area contributed by atoms with Crippen LogP contribution in [0.5, 0.6) is 0 Å². The van der Waals surface area contributed by atoms with Crippen molar-refractivity contribution >= 4 is 39.3 Å². The summed E-state index contributed by atoms with van der Waals surface area (Å²) in [5, 5.41) is 0.455. The number of halogens is 1. The van der Waals surface area contributed by atoms with Gasteiger partial charge in [-0.1, -0.05) is 29.5 Å². The topological polar surface area (TPSA) is 89.7 Å². The van der Waals surface area contributed by atoms with Crippen LogP contribution in [-0.4, -0.2) is 23.5 Å². The fraction of sp³-hybridized carbons (Fsp3) is 0.231. The largest absolute Gasteiger partial charge is 0.462 e. The van der Waals surface area contributed by atoms with E-state index in [0.717, 1.165) is 22.5 Å². The van der Waals surface area contributed by atoms with Gasteiger partial charge in [-0.25, -0.2) is 14.2 Å². The summed E-state index contributed by atoms with van der Waals surface area (Å²) in [4.78, 5) is 45.7. The van der Waals surface area contributed by atoms with Gasteiger partial charge in [-0.05, 0) is 57.0 Å². The van der Waals surface area contributed by atoms with E-state index in [-0.39, 0.29) is 39.1 Å². The number of rotatable bonds is 4. The number of benzene rings is 2. The Morgan fingerprint density at radius 3 is 2.60 bits per heavy atom. The lowest BCUT2D eigenvalue weighted by Crippen LogP contribution is -2.30. The maximum Gasteiger partial charge on any atom is 0.350 e. The molecule has 0 aliphatic carbocycles. The second-order valence-corrected chi connectivity index (χ2v) is 9.31. The first kappa shape index (κ1) is 22.9. The molecule has 2 aromatic carbocycles. The molecule has 0 fully saturated rings. The number of carbonyl (C=O) groups is 2. The molecule has 1 aliphatic rings. The van der Waals surface area contributed by atoms with Crippen LogP contribution in [0, 0.1) is 26.6 Å². The monoisotopic (exact) mass is 492 g/mol. The second-order valence-electron chi connectivity index (χ2n) is 8.34. The first-order valence-electron chi connectivity index (χ1n) is 11.0. The number of hydrogen-bond donors (Lipinski definition) is 0. The summed E-state index contributed by atoms with van der Waals surface area (Å²) in [7, 11) is 0. The molecule has 0 spiro atoms. The number of amides is 1. The third-order valence-electron chi connectivity index (χ3n) is 6.14. The van der Waals surface area contributed by atoms with Gasteiger partial charge in [0, 0.05) is 5.56 Å². The number of anilines is 1. The molecule has 1 amide bonds. The number of aryl methyl sites for hydroxylation is 3. The SMILES string of the molecule is CCOC(=O)c1sc(N2C(=O)c3oc4cc(C)c(C)cc4c(=O)c3[C@H]2c2ccccc2F)nc1C. The molecule has 178 valence electrons. The van der Waals surface area contributed by atoms with Gasteiger partial charge in [-0.2, -0.15) is 0 Å². The number of thiazole rings is 1. The second kappa shape index (κ2) is 8.42. The van der Waals surface area contributed by atoms with Crippen molar-refractivity contribution in [3.8, 4) is 0 Å². The molecule has 9 heteroatoms. The van der Waals surface area contributed by atoms with E-state index < -0.39 is 29.2 Å². The summed E-state index contributed by atoms with van der Waals surface area (Å²) in [6.45, 7) is 7.26. The lowest BCUT2D eigenvalue weighted by Gasteiger charge is -2.22. The Morgan fingerprint density at radius 1 is 1.17 bits per heavy atom. The van der Waals surface area contributed by atoms with E-state index in [1.165, 1.54) is 23.1 Å². The summed E-state index contributed by atoms with van der Waals surface area (Å²) in [5.41, 5.74) is 2.21. The minimum Gasteiger partial charge on any atom is -0.462 e. The van der Waals surface area contributed by atoms with Crippen molar-refractivity contribution in [3.63, 3.8) is 0 Å². The van der Waals surface area contributed by atoms with Crippen LogP contribution in [0.2, 0.25) is 0 Å². The van der Waals surface area contributed by atoms with Gasteiger partial charge >= 0.3 is 5.97 Å². The number of hydrogen-bond acceptors (Lipinski definition) is 7. The molecule has 0 radical (unpaired) electrons. The average Bonchev–Trinajstić information content (AvgIpc) is 3.33. The van der Waals surface area contributed by atoms with E-state index in [1.807, 2.05) is 13.8 Å². The Hall–Kier alpha value is -3.85. The zero-order chi connectivity index (χ0) is 25.0. The molecule has 0 bridgehead atoms. The molecular weight excluding hydrogens is 471 g/mol. The average molecular weight is 493 g/mol. The standard InChI is InChI=1S/C26H21FN2O5S/c1-5-33-25(32)23-14(4)28-26(35-23)29-20(15-8-6-7-9-17(15)27)19-21(30)16-10-12(2)13(3)11-18(16)34-22(19)24(29)31/h6-11,20H,5H2,1-4H3/t20-/m1/s1. The predicted molar refractivity (Wildman–Crippen MR) is 130 cm³/mol. The number of nitrogens with zero attached hydrogens (tertiary/aromatic N) is 2. The highest BCUT2D eigenvalue weighted by Gasteiger charge is 2.46. The predicted octanol–water partition coefficient (Wildman–Crippen LogP) is 5.24. The van der Waals surface area contributed by atoms with Gasteiger partial charge in [0.05, 0.1) is 23.3 Å². The third-order valence-corrected chi connectivity index (χ3v) is 7.28. The summed E-state index contributed by atoms with van der Waals surface area (Å²) in [6, 6.07) is 8.27. The highest BCUT2D eigenvalue weighted by Crippen LogP contribution is 2.43. The van der Waals surface area contributed by atoms with Crippen LogP contribution in [-0.2, 0) is 4.74 Å². The van der Waals surface area contributed by atoms with Crippen molar-refractivity contribution in [1.29, 1.82) is 0 Å². The van der Waals surface area contributed by atoms with E-state index in [1.54, 1.807) is 32.0 Å². The summed E-state index contributed by atoms with van der Waals surface area (Å²) in [5.74, 6) is -1.94. The number of aromatic nitrogens is 1. The van der Waals surface area contributed by atoms with E-state index in [4.69, 9.17) is 9.15 Å². The smallest absolute Gasteiger partial charge is 0.350 e. The van der Waals surface area contributed by atoms with Crippen LogP contribution < -0.4 is 10.3 Å². The summed E-state index contributed by atoms with van der Waals surface area (Å²) in [6.07, 6.45) is 0. The highest BCUT2D eigenvalue weighted by molar-refractivity contribution is 7.17. The van der Waals surface area contributed by atoms with E-state index >= 15 is 4.39 Å². The Bertz CT molecular complexity index is 1590. The third kappa shape index (κ3) is 3.54. The molecule has 4 aromatic rings. The Balaban J connectivity index is 1.78. The van der Waals surface area contributed by atoms with Gasteiger partial charge in [0.15, 0.2) is 10.6 Å². The molecule has 35 heavy (non-hydrogen) atoms. The van der Waals surface area contributed by atoms with Gasteiger partial charge in [0.2, 0.25) is 5.76 Å². The van der Waals surface area contributed by atoms with Gasteiger partial charge in [0.1, 0.15) is 22.3 Å². The minimum absolute atomic E-state index is 0.0430. The molecular formula is C26H21FN2O5S. The molecule has 0 unspecified atom stereocenters. The van der Waals surface area contributed by atoms with E-state index in [2.05, 4.69) is 4.98 Å². The fourth-order valence-corrected chi connectivity index (χ4v) is 5.28. The number of fused-ring (bicyclic) bond motifs is 2. The lowest BCUT2D eigenvalue weighted by molar-refractivity contribution is 0.0531. The molecule has 7 nitrogen and oxygen atoms in total. The summed E-state index contributed by atoms with van der Waals surface area (Å²) >= 11 is 0.952. The van der Waals surface area contributed by atoms with Crippen LogP contribution in [0.25, 0.3) is 11.0 Å². The molecule has 0 N–H and O–H groups in total. The fourth-order valence-electron chi connectivity index (χ4n) is 4.29. The molecule has 0 saturated heterocycles. The van der Waals surface area contributed by atoms with Crippen LogP contribution in [0.3, 0.4) is 0 Å². The molecule has 0 saturated carbocycles. The number of ether oxygens (including phenoxy) is 1. The Kier molecular flexibility index (Phi) is 5.52. The maximum absolute atomic E-state index is 15.1. The maximum atomic E-state index is 15.1. The van der Waals surface area contributed by atoms with Crippen molar-refractivity contribution < 1.29 is 23.1 Å². The zero-order valence-electron chi connectivity index (χ0n) is 19.5. The molecule has 5 rings (SSSR count). The van der Waals surface area contributed by atoms with Crippen molar-refractivity contribution in [2.75, 3.05) is 11.5 Å². The van der Waals surface area contributed by atoms with Crippen LogP contribution in [0.4, 0.5) is 9.52 Å². The van der Waals surface area contributed by atoms with E-state index in [0.29, 0.717) is 11.1 Å². The normalized spacial score (nSPS) is 15.1. The Labute approximate surface area is 203 Å². The first-order valence-corrected chi connectivity index (χ1v) is 11.8. The van der Waals surface area contributed by atoms with Crippen molar-refractivity contribution in [3.05, 3.63) is 91.0 Å². The van der Waals surface area contributed by atoms with Gasteiger partial charge in [-0.3, -0.25) is 14.5 Å². The summed E-state index contributed by atoms with van der Waals surface area (Å²) < 4.78 is 26.1. The van der Waals surface area contributed by atoms with Gasteiger partial charge < -0.3 is 9.15 Å². The van der Waals surface area contributed by atoms with Crippen molar-refractivity contribution in [2.24, 2.45) is 0 Å². The molecule has 1 atom stereocenters. The lowest BCUT2D eigenvalue weighted by atomic mass is 9.97. The van der Waals surface area contributed by atoms with Gasteiger partial charge in [-0.15, -0.1) is 0 Å². The highest BCUT2D eigenvalue weighted by atomic mass is 32.1. The van der Waals surface area contributed by atoms with Crippen molar-refractivity contribution in [1.82, 2.24) is 4.98 Å². The van der Waals surface area contributed by atoms with Crippen molar-refractivity contribution in [2.45, 2.75) is 33.7 Å².